The molecule has 13 heteroatoms. The number of carbonyl (C=O) groups is 3. The number of aliphatic hydroxyl groups excluding tert-OH is 1. The van der Waals surface area contributed by atoms with Crippen LogP contribution >= 0.6 is 11.8 Å². The van der Waals surface area contributed by atoms with Crippen LogP contribution in [-0.4, -0.2) is 112 Å². The third-order valence-electron chi connectivity index (χ3n) is 6.95. The van der Waals surface area contributed by atoms with Crippen molar-refractivity contribution >= 4 is 29.5 Å². The molecule has 42 heavy (non-hydrogen) atoms. The Morgan fingerprint density at radius 3 is 1.83 bits per heavy atom. The van der Waals surface area contributed by atoms with E-state index >= 15 is 0 Å². The molecule has 0 aromatic heterocycles. The van der Waals surface area contributed by atoms with Crippen LogP contribution in [0, 0.1) is 0 Å². The number of hydrogen-bond donors (Lipinski definition) is 6. The molecule has 0 spiro atoms. The van der Waals surface area contributed by atoms with Gasteiger partial charge in [-0.25, -0.2) is 0 Å². The zero-order chi connectivity index (χ0) is 30.3. The second-order valence-electron chi connectivity index (χ2n) is 10.5. The van der Waals surface area contributed by atoms with E-state index in [-0.39, 0.29) is 24.3 Å². The van der Waals surface area contributed by atoms with Crippen molar-refractivity contribution in [1.29, 1.82) is 0 Å². The van der Waals surface area contributed by atoms with Crippen LogP contribution in [0.15, 0.2) is 12.4 Å². The first kappa shape index (κ1) is 36.1. The summed E-state index contributed by atoms with van der Waals surface area (Å²) in [6.07, 6.45) is 6.82. The minimum atomic E-state index is -0.0971. The number of fused-ring (bicyclic) bond motifs is 1. The first-order valence-corrected chi connectivity index (χ1v) is 16.5. The fourth-order valence-corrected chi connectivity index (χ4v) is 6.25. The Kier molecular flexibility index (Phi) is 20.1. The van der Waals surface area contributed by atoms with Crippen LogP contribution in [0.3, 0.4) is 0 Å². The average Bonchev–Trinajstić information content (AvgIpc) is 3.52. The molecule has 2 rings (SSSR count). The van der Waals surface area contributed by atoms with Crippen LogP contribution in [-0.2, 0) is 28.6 Å². The first-order valence-electron chi connectivity index (χ1n) is 15.5. The van der Waals surface area contributed by atoms with Crippen molar-refractivity contribution in [2.45, 2.75) is 81.5 Å². The van der Waals surface area contributed by atoms with E-state index in [4.69, 9.17) is 19.3 Å². The quantitative estimate of drug-likeness (QED) is 0.0769. The van der Waals surface area contributed by atoms with E-state index in [1.165, 1.54) is 0 Å². The smallest absolute Gasteiger partial charge is 0.220 e. The van der Waals surface area contributed by atoms with E-state index in [0.717, 1.165) is 37.3 Å². The number of carbonyl (C=O) groups excluding carboxylic acids is 3. The third kappa shape index (κ3) is 17.2. The molecule has 0 radical (unpaired) electrons. The van der Waals surface area contributed by atoms with E-state index < -0.39 is 0 Å². The second kappa shape index (κ2) is 23.4. The summed E-state index contributed by atoms with van der Waals surface area (Å²) in [7, 11) is 0. The molecule has 3 atom stereocenters. The fraction of sp³-hybridized carbons (Fsp3) is 0.828. The summed E-state index contributed by atoms with van der Waals surface area (Å²) in [4.78, 5) is 35.4. The Labute approximate surface area is 255 Å². The van der Waals surface area contributed by atoms with Gasteiger partial charge in [0.05, 0.1) is 44.3 Å². The van der Waals surface area contributed by atoms with Crippen LogP contribution in [0.4, 0.5) is 0 Å². The van der Waals surface area contributed by atoms with Crippen molar-refractivity contribution in [2.24, 2.45) is 0 Å². The number of aliphatic hydroxyl groups is 1. The number of amides is 3. The molecule has 2 aliphatic heterocycles. The summed E-state index contributed by atoms with van der Waals surface area (Å²) in [5.41, 5.74) is 0. The SMILES string of the molecule is C=C1NC2CSC(CCCCC(=O)NCCCOCCOCCOCCCNC(=O)CCCC(=O)NCCCO)C2N1. The minimum absolute atomic E-state index is 0.0506. The van der Waals surface area contributed by atoms with Gasteiger partial charge in [-0.05, 0) is 38.5 Å². The highest BCUT2D eigenvalue weighted by Gasteiger charge is 2.40. The third-order valence-corrected chi connectivity index (χ3v) is 8.46. The normalized spacial score (nSPS) is 19.2. The lowest BCUT2D eigenvalue weighted by Gasteiger charge is -2.17. The van der Waals surface area contributed by atoms with Crippen molar-refractivity contribution < 1.29 is 33.7 Å². The maximum absolute atomic E-state index is 12.0. The summed E-state index contributed by atoms with van der Waals surface area (Å²) in [6, 6.07) is 0.972. The van der Waals surface area contributed by atoms with Gasteiger partial charge in [0.1, 0.15) is 0 Å². The molecular formula is C29H53N5O7S. The van der Waals surface area contributed by atoms with Crippen LogP contribution in [0.2, 0.25) is 0 Å². The van der Waals surface area contributed by atoms with Crippen molar-refractivity contribution in [3.05, 3.63) is 12.4 Å². The Balaban J connectivity index is 1.24. The standard InChI is InChI=1S/C29H53N5O7S/c1-23-33-24-22-42-25(29(24)34-23)8-2-3-9-26(36)31-13-6-16-39-18-20-41-21-19-40-17-7-14-32-28(38)11-4-10-27(37)30-12-5-15-35/h24-25,29,33-35H,1-22H2,(H,30,37)(H,31,36)(H,32,38). The molecule has 2 saturated heterocycles. The molecule has 2 heterocycles. The van der Waals surface area contributed by atoms with Crippen molar-refractivity contribution in [3.8, 4) is 0 Å². The number of thioether (sulfide) groups is 1. The highest BCUT2D eigenvalue weighted by Crippen LogP contribution is 2.34. The van der Waals surface area contributed by atoms with E-state index in [0.29, 0.717) is 115 Å². The molecule has 0 aromatic rings. The monoisotopic (exact) mass is 615 g/mol. The maximum atomic E-state index is 12.0. The molecule has 0 aromatic carbocycles. The molecule has 3 unspecified atom stereocenters. The number of nitrogens with one attached hydrogen (secondary N) is 5. The van der Waals surface area contributed by atoms with Gasteiger partial charge >= 0.3 is 0 Å². The zero-order valence-corrected chi connectivity index (χ0v) is 25.9. The van der Waals surface area contributed by atoms with Crippen LogP contribution in [0.1, 0.15) is 64.2 Å². The van der Waals surface area contributed by atoms with Gasteiger partial charge in [-0.3, -0.25) is 14.4 Å². The van der Waals surface area contributed by atoms with Gasteiger partial charge in [0.25, 0.3) is 0 Å². The molecule has 0 saturated carbocycles. The molecule has 6 N–H and O–H groups in total. The van der Waals surface area contributed by atoms with E-state index in [1.807, 2.05) is 11.8 Å². The van der Waals surface area contributed by atoms with Crippen molar-refractivity contribution in [2.75, 3.05) is 71.6 Å². The molecular weight excluding hydrogens is 562 g/mol. The largest absolute Gasteiger partial charge is 0.396 e. The Morgan fingerprint density at radius 1 is 0.738 bits per heavy atom. The van der Waals surface area contributed by atoms with Crippen molar-refractivity contribution in [1.82, 2.24) is 26.6 Å². The van der Waals surface area contributed by atoms with Crippen molar-refractivity contribution in [3.63, 3.8) is 0 Å². The highest BCUT2D eigenvalue weighted by molar-refractivity contribution is 8.00. The van der Waals surface area contributed by atoms with Crippen LogP contribution in [0.5, 0.6) is 0 Å². The van der Waals surface area contributed by atoms with Gasteiger partial charge in [0.15, 0.2) is 0 Å². The zero-order valence-electron chi connectivity index (χ0n) is 25.1. The molecule has 12 nitrogen and oxygen atoms in total. The number of rotatable bonds is 26. The lowest BCUT2D eigenvalue weighted by molar-refractivity contribution is -0.123. The van der Waals surface area contributed by atoms with Gasteiger partial charge < -0.3 is 45.9 Å². The lowest BCUT2D eigenvalue weighted by atomic mass is 10.0. The van der Waals surface area contributed by atoms with E-state index in [2.05, 4.69) is 33.2 Å². The summed E-state index contributed by atoms with van der Waals surface area (Å²) in [5.74, 6) is 2.00. The van der Waals surface area contributed by atoms with Gasteiger partial charge in [0.2, 0.25) is 17.7 Å². The molecule has 242 valence electrons. The van der Waals surface area contributed by atoms with E-state index in [1.54, 1.807) is 0 Å². The summed E-state index contributed by atoms with van der Waals surface area (Å²) >= 11 is 2.01. The Morgan fingerprint density at radius 2 is 1.26 bits per heavy atom. The summed E-state index contributed by atoms with van der Waals surface area (Å²) < 4.78 is 16.5. The molecule has 2 fully saturated rings. The van der Waals surface area contributed by atoms with E-state index in [9.17, 15) is 14.4 Å². The topological polar surface area (TPSA) is 159 Å². The predicted octanol–water partition coefficient (Wildman–Crippen LogP) is 0.795. The van der Waals surface area contributed by atoms with Gasteiger partial charge in [-0.15, -0.1) is 0 Å². The van der Waals surface area contributed by atoms with Gasteiger partial charge in [-0.1, -0.05) is 13.0 Å². The first-order chi connectivity index (χ1) is 20.5. The highest BCUT2D eigenvalue weighted by atomic mass is 32.2. The Hall–Kier alpha value is -2.06. The second-order valence-corrected chi connectivity index (χ2v) is 11.8. The lowest BCUT2D eigenvalue weighted by Crippen LogP contribution is -2.36. The Bertz CT molecular complexity index is 791. The molecule has 0 aliphatic carbocycles. The number of hydrogen-bond acceptors (Lipinski definition) is 10. The summed E-state index contributed by atoms with van der Waals surface area (Å²) in [5, 5.41) is 24.6. The van der Waals surface area contributed by atoms with Crippen LogP contribution < -0.4 is 26.6 Å². The number of unbranched alkanes of at least 4 members (excludes halogenated alkanes) is 1. The maximum Gasteiger partial charge on any atom is 0.220 e. The predicted molar refractivity (Wildman–Crippen MR) is 164 cm³/mol. The average molecular weight is 616 g/mol. The van der Waals surface area contributed by atoms with Gasteiger partial charge in [-0.2, -0.15) is 11.8 Å². The minimum Gasteiger partial charge on any atom is -0.396 e. The van der Waals surface area contributed by atoms with Gasteiger partial charge in [0, 0.05) is 69.7 Å². The molecule has 0 bridgehead atoms. The number of ether oxygens (including phenoxy) is 3. The fourth-order valence-electron chi connectivity index (χ4n) is 4.71. The van der Waals surface area contributed by atoms with Crippen LogP contribution in [0.25, 0.3) is 0 Å². The summed E-state index contributed by atoms with van der Waals surface area (Å²) in [6.45, 7) is 8.70. The molecule has 2 aliphatic rings. The molecule has 3 amide bonds.